The van der Waals surface area contributed by atoms with E-state index in [0.29, 0.717) is 16.3 Å². The van der Waals surface area contributed by atoms with Crippen molar-refractivity contribution >= 4 is 17.7 Å². The summed E-state index contributed by atoms with van der Waals surface area (Å²) in [4.78, 5) is 14.9. The molecule has 0 saturated carbocycles. The van der Waals surface area contributed by atoms with Crippen LogP contribution in [0, 0.1) is 6.92 Å². The molecular formula is C9H11NO3S. The van der Waals surface area contributed by atoms with E-state index in [1.165, 1.54) is 11.8 Å². The third kappa shape index (κ3) is 2.46. The van der Waals surface area contributed by atoms with Gasteiger partial charge in [0.2, 0.25) is 0 Å². The number of rotatable bonds is 4. The number of aromatic carboxylic acids is 1. The number of carboxylic acids is 1. The second kappa shape index (κ2) is 4.97. The van der Waals surface area contributed by atoms with Crippen LogP contribution in [0.3, 0.4) is 0 Å². The monoisotopic (exact) mass is 213 g/mol. The molecule has 1 aromatic rings. The third-order valence-electron chi connectivity index (χ3n) is 1.67. The summed E-state index contributed by atoms with van der Waals surface area (Å²) < 4.78 is 0. The predicted molar refractivity (Wildman–Crippen MR) is 53.7 cm³/mol. The van der Waals surface area contributed by atoms with E-state index in [0.717, 1.165) is 0 Å². The topological polar surface area (TPSA) is 70.4 Å². The predicted octanol–water partition coefficient (Wildman–Crippen LogP) is 1.17. The lowest BCUT2D eigenvalue weighted by atomic mass is 10.2. The number of aliphatic hydroxyl groups is 1. The Morgan fingerprint density at radius 1 is 1.64 bits per heavy atom. The summed E-state index contributed by atoms with van der Waals surface area (Å²) in [5.41, 5.74) is 0.916. The summed E-state index contributed by atoms with van der Waals surface area (Å²) in [6.45, 7) is 1.74. The van der Waals surface area contributed by atoms with Gasteiger partial charge in [-0.2, -0.15) is 0 Å². The molecule has 1 aromatic heterocycles. The Bertz CT molecular complexity index is 341. The fourth-order valence-corrected chi connectivity index (χ4v) is 1.86. The van der Waals surface area contributed by atoms with Gasteiger partial charge >= 0.3 is 5.97 Å². The van der Waals surface area contributed by atoms with Crippen molar-refractivity contribution in [2.24, 2.45) is 0 Å². The number of nitrogens with zero attached hydrogens (tertiary/aromatic N) is 1. The normalized spacial score (nSPS) is 10.1. The minimum atomic E-state index is -0.976. The molecule has 1 heterocycles. The van der Waals surface area contributed by atoms with Gasteiger partial charge in [0.15, 0.2) is 0 Å². The average Bonchev–Trinajstić information content (AvgIpc) is 2.14. The van der Waals surface area contributed by atoms with Gasteiger partial charge in [0, 0.05) is 11.9 Å². The molecular weight excluding hydrogens is 202 g/mol. The number of aromatic nitrogens is 1. The Hall–Kier alpha value is -1.07. The van der Waals surface area contributed by atoms with Crippen LogP contribution in [0.15, 0.2) is 17.3 Å². The number of aryl methyl sites for hydroxylation is 1. The van der Waals surface area contributed by atoms with Crippen LogP contribution >= 0.6 is 11.8 Å². The Kier molecular flexibility index (Phi) is 3.91. The molecule has 0 saturated heterocycles. The quantitative estimate of drug-likeness (QED) is 0.735. The maximum Gasteiger partial charge on any atom is 0.338 e. The highest BCUT2D eigenvalue weighted by Gasteiger charge is 2.13. The number of thioether (sulfide) groups is 1. The molecule has 0 spiro atoms. The van der Waals surface area contributed by atoms with Crippen molar-refractivity contribution in [1.29, 1.82) is 0 Å². The minimum absolute atomic E-state index is 0.0132. The van der Waals surface area contributed by atoms with Gasteiger partial charge in [0.1, 0.15) is 5.03 Å². The Morgan fingerprint density at radius 3 is 2.93 bits per heavy atom. The zero-order chi connectivity index (χ0) is 10.6. The molecule has 0 amide bonds. The molecule has 0 radical (unpaired) electrons. The number of hydrogen-bond acceptors (Lipinski definition) is 4. The Labute approximate surface area is 86.0 Å². The van der Waals surface area contributed by atoms with Crippen molar-refractivity contribution in [3.05, 3.63) is 23.4 Å². The van der Waals surface area contributed by atoms with Crippen LogP contribution in [-0.4, -0.2) is 33.5 Å². The first kappa shape index (κ1) is 11.0. The van der Waals surface area contributed by atoms with Gasteiger partial charge in [-0.15, -0.1) is 11.8 Å². The van der Waals surface area contributed by atoms with E-state index in [4.69, 9.17) is 10.2 Å². The number of hydrogen-bond donors (Lipinski definition) is 2. The zero-order valence-corrected chi connectivity index (χ0v) is 8.54. The van der Waals surface area contributed by atoms with Crippen molar-refractivity contribution in [3.8, 4) is 0 Å². The Balaban J connectivity index is 3.02. The minimum Gasteiger partial charge on any atom is -0.478 e. The van der Waals surface area contributed by atoms with E-state index in [1.807, 2.05) is 0 Å². The van der Waals surface area contributed by atoms with Crippen molar-refractivity contribution < 1.29 is 15.0 Å². The lowest BCUT2D eigenvalue weighted by Crippen LogP contribution is -2.04. The van der Waals surface area contributed by atoms with Gasteiger partial charge < -0.3 is 10.2 Å². The van der Waals surface area contributed by atoms with E-state index in [9.17, 15) is 4.79 Å². The molecule has 0 atom stereocenters. The van der Waals surface area contributed by atoms with Gasteiger partial charge in [-0.05, 0) is 18.6 Å². The molecule has 0 unspecified atom stereocenters. The third-order valence-corrected chi connectivity index (χ3v) is 2.64. The van der Waals surface area contributed by atoms with Gasteiger partial charge in [-0.3, -0.25) is 0 Å². The summed E-state index contributed by atoms with van der Waals surface area (Å²) in [5, 5.41) is 18.0. The second-order valence-corrected chi connectivity index (χ2v) is 3.77. The van der Waals surface area contributed by atoms with Crippen LogP contribution in [0.25, 0.3) is 0 Å². The highest BCUT2D eigenvalue weighted by Crippen LogP contribution is 2.22. The molecule has 0 aliphatic rings. The van der Waals surface area contributed by atoms with Crippen LogP contribution in [-0.2, 0) is 0 Å². The smallest absolute Gasteiger partial charge is 0.338 e. The summed E-state index contributed by atoms with van der Waals surface area (Å²) in [5.74, 6) is -0.521. The summed E-state index contributed by atoms with van der Waals surface area (Å²) in [6.07, 6.45) is 1.57. The standard InChI is InChI=1S/C9H11NO3S/c1-6-2-3-10-8(14-5-4-11)7(6)9(12)13/h2-3,11H,4-5H2,1H3,(H,12,13). The van der Waals surface area contributed by atoms with Crippen molar-refractivity contribution in [2.75, 3.05) is 12.4 Å². The van der Waals surface area contributed by atoms with E-state index in [-0.39, 0.29) is 12.2 Å². The first-order valence-corrected chi connectivity index (χ1v) is 5.08. The van der Waals surface area contributed by atoms with Gasteiger partial charge in [0.25, 0.3) is 0 Å². The second-order valence-electron chi connectivity index (χ2n) is 2.69. The summed E-state index contributed by atoms with van der Waals surface area (Å²) >= 11 is 1.25. The van der Waals surface area contributed by atoms with E-state index in [1.54, 1.807) is 19.2 Å². The first-order valence-electron chi connectivity index (χ1n) is 4.09. The first-order chi connectivity index (χ1) is 6.66. The summed E-state index contributed by atoms with van der Waals surface area (Å²) in [6, 6.07) is 1.66. The summed E-state index contributed by atoms with van der Waals surface area (Å²) in [7, 11) is 0. The molecule has 5 heteroatoms. The molecule has 0 aliphatic carbocycles. The lowest BCUT2D eigenvalue weighted by molar-refractivity contribution is 0.0691. The van der Waals surface area contributed by atoms with Gasteiger partial charge in [0.05, 0.1) is 12.2 Å². The molecule has 14 heavy (non-hydrogen) atoms. The maximum absolute atomic E-state index is 10.9. The van der Waals surface area contributed by atoms with E-state index >= 15 is 0 Å². The van der Waals surface area contributed by atoms with Crippen molar-refractivity contribution in [2.45, 2.75) is 11.9 Å². The molecule has 1 rings (SSSR count). The molecule has 0 fully saturated rings. The van der Waals surface area contributed by atoms with Crippen LogP contribution in [0.4, 0.5) is 0 Å². The fraction of sp³-hybridized carbons (Fsp3) is 0.333. The average molecular weight is 213 g/mol. The highest BCUT2D eigenvalue weighted by molar-refractivity contribution is 7.99. The Morgan fingerprint density at radius 2 is 2.36 bits per heavy atom. The number of carbonyl (C=O) groups is 1. The lowest BCUT2D eigenvalue weighted by Gasteiger charge is -2.05. The molecule has 76 valence electrons. The van der Waals surface area contributed by atoms with Crippen LogP contribution in [0.2, 0.25) is 0 Å². The molecule has 0 bridgehead atoms. The van der Waals surface area contributed by atoms with Crippen LogP contribution < -0.4 is 0 Å². The van der Waals surface area contributed by atoms with Crippen molar-refractivity contribution in [1.82, 2.24) is 4.98 Å². The van der Waals surface area contributed by atoms with Crippen LogP contribution in [0.5, 0.6) is 0 Å². The molecule has 0 aromatic carbocycles. The number of pyridine rings is 1. The van der Waals surface area contributed by atoms with Crippen molar-refractivity contribution in [3.63, 3.8) is 0 Å². The fourth-order valence-electron chi connectivity index (χ4n) is 1.05. The highest BCUT2D eigenvalue weighted by atomic mass is 32.2. The number of carboxylic acid groups (broad SMARTS) is 1. The molecule has 4 nitrogen and oxygen atoms in total. The van der Waals surface area contributed by atoms with E-state index < -0.39 is 5.97 Å². The van der Waals surface area contributed by atoms with Gasteiger partial charge in [-0.1, -0.05) is 0 Å². The van der Waals surface area contributed by atoms with Crippen LogP contribution in [0.1, 0.15) is 15.9 Å². The number of aliphatic hydroxyl groups excluding tert-OH is 1. The van der Waals surface area contributed by atoms with E-state index in [2.05, 4.69) is 4.98 Å². The molecule has 0 aliphatic heterocycles. The SMILES string of the molecule is Cc1ccnc(SCCO)c1C(=O)O. The molecule has 2 N–H and O–H groups in total. The van der Waals surface area contributed by atoms with Gasteiger partial charge in [-0.25, -0.2) is 9.78 Å². The zero-order valence-electron chi connectivity index (χ0n) is 7.73. The largest absolute Gasteiger partial charge is 0.478 e. The maximum atomic E-state index is 10.9.